The van der Waals surface area contributed by atoms with Crippen molar-refractivity contribution < 1.29 is 13.6 Å². The molecule has 1 saturated heterocycles. The Hall–Kier alpha value is -2.96. The largest absolute Gasteiger partial charge is 0.370 e. The Morgan fingerprint density at radius 1 is 1.15 bits per heavy atom. The molecule has 1 aliphatic heterocycles. The van der Waals surface area contributed by atoms with E-state index in [4.69, 9.17) is 5.73 Å². The molecule has 2 aromatic carbocycles. The smallest absolute Gasteiger partial charge is 0.226 e. The molecule has 5 nitrogen and oxygen atoms in total. The third-order valence-corrected chi connectivity index (χ3v) is 4.19. The lowest BCUT2D eigenvalue weighted by Crippen LogP contribution is -2.35. The van der Waals surface area contributed by atoms with Gasteiger partial charge in [0.15, 0.2) is 5.96 Å². The van der Waals surface area contributed by atoms with Crippen LogP contribution in [0.4, 0.5) is 20.2 Å². The van der Waals surface area contributed by atoms with E-state index in [9.17, 15) is 13.6 Å². The molecule has 0 unspecified atom stereocenters. The summed E-state index contributed by atoms with van der Waals surface area (Å²) in [4.78, 5) is 17.9. The molecule has 1 fully saturated rings. The van der Waals surface area contributed by atoms with Crippen LogP contribution in [0, 0.1) is 11.6 Å². The summed E-state index contributed by atoms with van der Waals surface area (Å²) in [5, 5.41) is 2.55. The van der Waals surface area contributed by atoms with Crippen molar-refractivity contribution in [3.63, 3.8) is 0 Å². The van der Waals surface area contributed by atoms with Gasteiger partial charge in [-0.05, 0) is 42.7 Å². The molecular formula is C19H20F2N4O. The molecule has 7 heteroatoms. The van der Waals surface area contributed by atoms with Gasteiger partial charge in [0.2, 0.25) is 5.91 Å². The van der Waals surface area contributed by atoms with E-state index in [1.807, 2.05) is 24.3 Å². The molecule has 3 N–H and O–H groups in total. The van der Waals surface area contributed by atoms with Gasteiger partial charge >= 0.3 is 0 Å². The van der Waals surface area contributed by atoms with Crippen LogP contribution in [0.25, 0.3) is 0 Å². The first kappa shape index (κ1) is 17.8. The van der Waals surface area contributed by atoms with Crippen molar-refractivity contribution in [1.82, 2.24) is 0 Å². The second-order valence-corrected chi connectivity index (χ2v) is 6.12. The van der Waals surface area contributed by atoms with Crippen molar-refractivity contribution in [2.75, 3.05) is 16.8 Å². The fourth-order valence-electron chi connectivity index (χ4n) is 2.81. The first-order valence-electron chi connectivity index (χ1n) is 8.44. The summed E-state index contributed by atoms with van der Waals surface area (Å²) >= 11 is 0. The average Bonchev–Trinajstić information content (AvgIpc) is 2.64. The predicted molar refractivity (Wildman–Crippen MR) is 98.0 cm³/mol. The van der Waals surface area contributed by atoms with E-state index in [2.05, 4.69) is 10.3 Å². The molecule has 0 spiro atoms. The molecule has 0 saturated carbocycles. The highest BCUT2D eigenvalue weighted by molar-refractivity contribution is 5.94. The number of hydrogen-bond acceptors (Lipinski definition) is 2. The number of nitrogens with one attached hydrogen (secondary N) is 1. The molecule has 0 bridgehead atoms. The number of hydrogen-bond donors (Lipinski definition) is 2. The van der Waals surface area contributed by atoms with E-state index in [0.29, 0.717) is 6.42 Å². The van der Waals surface area contributed by atoms with Crippen molar-refractivity contribution in [3.8, 4) is 0 Å². The summed E-state index contributed by atoms with van der Waals surface area (Å²) in [6.07, 6.45) is 2.54. The average molecular weight is 358 g/mol. The van der Waals surface area contributed by atoms with E-state index in [1.165, 1.54) is 0 Å². The second-order valence-electron chi connectivity index (χ2n) is 6.12. The maximum atomic E-state index is 13.6. The minimum absolute atomic E-state index is 0.00946. The molecule has 0 aromatic heterocycles. The highest BCUT2D eigenvalue weighted by Crippen LogP contribution is 2.21. The molecular weight excluding hydrogens is 338 g/mol. The Balaban J connectivity index is 1.62. The number of nitrogens with zero attached hydrogens (tertiary/aromatic N) is 2. The van der Waals surface area contributed by atoms with Crippen molar-refractivity contribution >= 4 is 23.2 Å². The zero-order chi connectivity index (χ0) is 18.5. The second kappa shape index (κ2) is 7.95. The first-order chi connectivity index (χ1) is 12.5. The molecule has 2 aromatic rings. The fraction of sp³-hybridized carbons (Fsp3) is 0.263. The maximum absolute atomic E-state index is 13.6. The Kier molecular flexibility index (Phi) is 5.46. The summed E-state index contributed by atoms with van der Waals surface area (Å²) in [7, 11) is 0. The van der Waals surface area contributed by atoms with Crippen LogP contribution < -0.4 is 16.0 Å². The number of aliphatic imine (C=N–C) groups is 1. The van der Waals surface area contributed by atoms with Gasteiger partial charge in [0.25, 0.3) is 0 Å². The van der Waals surface area contributed by atoms with Gasteiger partial charge in [0.1, 0.15) is 11.6 Å². The minimum atomic E-state index is -0.611. The zero-order valence-electron chi connectivity index (χ0n) is 14.2. The van der Waals surface area contributed by atoms with Crippen LogP contribution in [0.2, 0.25) is 0 Å². The molecule has 3 rings (SSSR count). The van der Waals surface area contributed by atoms with E-state index < -0.39 is 11.6 Å². The fourth-order valence-corrected chi connectivity index (χ4v) is 2.81. The SMILES string of the molecule is NC(=NCc1ccc(N2CCCCC2=O)cc1)Nc1cc(F)ccc1F. The number of carbonyl (C=O) groups excluding carboxylic acids is 1. The first-order valence-corrected chi connectivity index (χ1v) is 8.44. The quantitative estimate of drug-likeness (QED) is 0.650. The van der Waals surface area contributed by atoms with Gasteiger partial charge in [-0.15, -0.1) is 0 Å². The van der Waals surface area contributed by atoms with Crippen LogP contribution in [0.3, 0.4) is 0 Å². The number of nitrogens with two attached hydrogens (primary N) is 1. The van der Waals surface area contributed by atoms with E-state index in [1.54, 1.807) is 4.90 Å². The normalized spacial score (nSPS) is 15.2. The lowest BCUT2D eigenvalue weighted by atomic mass is 10.1. The van der Waals surface area contributed by atoms with Crippen molar-refractivity contribution in [3.05, 3.63) is 59.7 Å². The summed E-state index contributed by atoms with van der Waals surface area (Å²) in [5.41, 5.74) is 7.43. The lowest BCUT2D eigenvalue weighted by molar-refractivity contribution is -0.119. The molecule has 1 amide bonds. The summed E-state index contributed by atoms with van der Waals surface area (Å²) in [6, 6.07) is 10.6. The molecule has 0 radical (unpaired) electrons. The van der Waals surface area contributed by atoms with Crippen molar-refractivity contribution in [2.24, 2.45) is 10.7 Å². The van der Waals surface area contributed by atoms with E-state index >= 15 is 0 Å². The van der Waals surface area contributed by atoms with Gasteiger partial charge in [0.05, 0.1) is 12.2 Å². The van der Waals surface area contributed by atoms with Gasteiger partial charge < -0.3 is 16.0 Å². The van der Waals surface area contributed by atoms with Crippen LogP contribution in [0.1, 0.15) is 24.8 Å². The molecule has 1 aliphatic rings. The number of guanidine groups is 1. The van der Waals surface area contributed by atoms with Gasteiger partial charge in [-0.3, -0.25) is 4.79 Å². The molecule has 0 aliphatic carbocycles. The monoisotopic (exact) mass is 358 g/mol. The third kappa shape index (κ3) is 4.36. The topological polar surface area (TPSA) is 70.7 Å². The van der Waals surface area contributed by atoms with Crippen molar-refractivity contribution in [1.29, 1.82) is 0 Å². The number of halogens is 2. The maximum Gasteiger partial charge on any atom is 0.226 e. The predicted octanol–water partition coefficient (Wildman–Crippen LogP) is 3.41. The standard InChI is InChI=1S/C19H20F2N4O/c20-14-6-9-16(21)17(11-14)24-19(22)23-12-13-4-7-15(8-5-13)25-10-2-1-3-18(25)26/h4-9,11H,1-3,10,12H2,(H3,22,23,24). The van der Waals surface area contributed by atoms with E-state index in [-0.39, 0.29) is 24.1 Å². The molecule has 0 atom stereocenters. The summed E-state index contributed by atoms with van der Waals surface area (Å²) in [6.45, 7) is 1.02. The number of amides is 1. The Morgan fingerprint density at radius 2 is 1.92 bits per heavy atom. The Labute approximate surface area is 150 Å². The zero-order valence-corrected chi connectivity index (χ0v) is 14.2. The highest BCUT2D eigenvalue weighted by atomic mass is 19.1. The number of benzene rings is 2. The number of carbonyl (C=O) groups is 1. The third-order valence-electron chi connectivity index (χ3n) is 4.19. The minimum Gasteiger partial charge on any atom is -0.370 e. The van der Waals surface area contributed by atoms with Crippen LogP contribution in [0.15, 0.2) is 47.5 Å². The number of piperidine rings is 1. The number of anilines is 2. The summed E-state index contributed by atoms with van der Waals surface area (Å²) in [5.74, 6) is -1.04. The Morgan fingerprint density at radius 3 is 2.65 bits per heavy atom. The lowest BCUT2D eigenvalue weighted by Gasteiger charge is -2.26. The molecule has 1 heterocycles. The van der Waals surface area contributed by atoms with Gasteiger partial charge in [-0.25, -0.2) is 13.8 Å². The van der Waals surface area contributed by atoms with Crippen LogP contribution in [-0.4, -0.2) is 18.4 Å². The van der Waals surface area contributed by atoms with Gasteiger partial charge in [-0.2, -0.15) is 0 Å². The van der Waals surface area contributed by atoms with Crippen LogP contribution in [0.5, 0.6) is 0 Å². The van der Waals surface area contributed by atoms with Gasteiger partial charge in [-0.1, -0.05) is 12.1 Å². The molecule has 26 heavy (non-hydrogen) atoms. The highest BCUT2D eigenvalue weighted by Gasteiger charge is 2.19. The molecule has 136 valence electrons. The summed E-state index contributed by atoms with van der Waals surface area (Å²) < 4.78 is 26.7. The van der Waals surface area contributed by atoms with E-state index in [0.717, 1.165) is 48.8 Å². The van der Waals surface area contributed by atoms with Gasteiger partial charge in [0, 0.05) is 24.7 Å². The van der Waals surface area contributed by atoms with Crippen LogP contribution in [-0.2, 0) is 11.3 Å². The van der Waals surface area contributed by atoms with Crippen LogP contribution >= 0.6 is 0 Å². The number of rotatable bonds is 4. The Bertz CT molecular complexity index is 821. The van der Waals surface area contributed by atoms with Crippen molar-refractivity contribution in [2.45, 2.75) is 25.8 Å².